The standard InChI is InChI=1S/C11H15N.C9H8FN.C9H18.C4H8O2/c1-9(2)11(12)8-10-6-4-3-5-7-10;10-5-7-6-11-9-4-2-1-3-8(7)9;1-2-6-9-7-4-3-5-8-9;1-3-4(5)6-2/h3-7,11H,1,8,12H2,2H3;1-4,6,11H,5H2;9H,2-8H2,1H3;3H2,1-2H3. The van der Waals surface area contributed by atoms with E-state index in [-0.39, 0.29) is 12.0 Å². The lowest BCUT2D eigenvalue weighted by Gasteiger charge is -2.20. The van der Waals surface area contributed by atoms with Crippen LogP contribution in [0.4, 0.5) is 4.39 Å². The average molecular weight is 525 g/mol. The van der Waals surface area contributed by atoms with E-state index in [4.69, 9.17) is 5.73 Å². The zero-order valence-corrected chi connectivity index (χ0v) is 24.0. The van der Waals surface area contributed by atoms with Crippen molar-refractivity contribution in [2.45, 2.75) is 91.3 Å². The van der Waals surface area contributed by atoms with E-state index in [1.807, 2.05) is 49.4 Å². The molecule has 0 saturated heterocycles. The molecule has 0 spiro atoms. The number of alkyl halides is 1. The quantitative estimate of drug-likeness (QED) is 0.240. The van der Waals surface area contributed by atoms with Crippen LogP contribution in [-0.4, -0.2) is 24.1 Å². The molecule has 1 saturated carbocycles. The Morgan fingerprint density at radius 3 is 2.24 bits per heavy atom. The van der Waals surface area contributed by atoms with Crippen LogP contribution in [0.15, 0.2) is 72.9 Å². The lowest BCUT2D eigenvalue weighted by atomic mass is 9.86. The number of H-pyrrole nitrogens is 1. The van der Waals surface area contributed by atoms with Crippen molar-refractivity contribution in [3.8, 4) is 0 Å². The van der Waals surface area contributed by atoms with Crippen LogP contribution in [0.5, 0.6) is 0 Å². The zero-order chi connectivity index (χ0) is 28.2. The average Bonchev–Trinajstić information content (AvgIpc) is 3.38. The summed E-state index contributed by atoms with van der Waals surface area (Å²) < 4.78 is 16.5. The first-order valence-electron chi connectivity index (χ1n) is 14.0. The number of methoxy groups -OCH3 is 1. The lowest BCUT2D eigenvalue weighted by molar-refractivity contribution is -0.140. The van der Waals surface area contributed by atoms with Gasteiger partial charge in [0, 0.05) is 35.1 Å². The van der Waals surface area contributed by atoms with Gasteiger partial charge in [-0.3, -0.25) is 4.79 Å². The van der Waals surface area contributed by atoms with Gasteiger partial charge in [-0.25, -0.2) is 4.39 Å². The van der Waals surface area contributed by atoms with E-state index in [2.05, 4.69) is 35.4 Å². The Balaban J connectivity index is 0.000000261. The molecule has 1 aliphatic rings. The Morgan fingerprint density at radius 1 is 1.08 bits per heavy atom. The van der Waals surface area contributed by atoms with E-state index in [1.165, 1.54) is 57.6 Å². The van der Waals surface area contributed by atoms with Gasteiger partial charge in [0.05, 0.1) is 7.11 Å². The topological polar surface area (TPSA) is 68.1 Å². The number of nitrogens with one attached hydrogen (secondary N) is 1. The number of rotatable bonds is 7. The third kappa shape index (κ3) is 13.6. The molecule has 1 unspecified atom stereocenters. The van der Waals surface area contributed by atoms with Crippen molar-refractivity contribution in [3.05, 3.63) is 84.1 Å². The molecule has 1 fully saturated rings. The normalized spacial score (nSPS) is 13.5. The van der Waals surface area contributed by atoms with Crippen molar-refractivity contribution in [1.82, 2.24) is 4.98 Å². The summed E-state index contributed by atoms with van der Waals surface area (Å²) in [7, 11) is 1.38. The molecule has 3 aromatic rings. The highest BCUT2D eigenvalue weighted by molar-refractivity contribution is 5.82. The Hall–Kier alpha value is -2.92. The van der Waals surface area contributed by atoms with Gasteiger partial charge in [-0.05, 0) is 30.9 Å². The van der Waals surface area contributed by atoms with E-state index in [0.717, 1.165) is 34.4 Å². The molecule has 0 radical (unpaired) electrons. The number of aromatic nitrogens is 1. The molecule has 210 valence electrons. The van der Waals surface area contributed by atoms with Crippen molar-refractivity contribution in [2.75, 3.05) is 7.11 Å². The summed E-state index contributed by atoms with van der Waals surface area (Å²) in [5, 5.41) is 0.981. The Bertz CT molecular complexity index is 1020. The fourth-order valence-corrected chi connectivity index (χ4v) is 4.31. The molecule has 3 N–H and O–H groups in total. The Labute approximate surface area is 229 Å². The van der Waals surface area contributed by atoms with Gasteiger partial charge in [0.15, 0.2) is 0 Å². The number of nitrogens with two attached hydrogens (primary N) is 1. The molecular formula is C33H49FN2O2. The number of halogens is 1. The minimum absolute atomic E-state index is 0.0902. The van der Waals surface area contributed by atoms with E-state index >= 15 is 0 Å². The Morgan fingerprint density at radius 2 is 1.71 bits per heavy atom. The molecule has 38 heavy (non-hydrogen) atoms. The number of carbonyl (C=O) groups excluding carboxylic acids is 1. The van der Waals surface area contributed by atoms with Gasteiger partial charge in [-0.1, -0.05) is 119 Å². The molecular weight excluding hydrogens is 475 g/mol. The molecule has 0 bridgehead atoms. The molecule has 1 atom stereocenters. The second-order valence-corrected chi connectivity index (χ2v) is 9.86. The summed E-state index contributed by atoms with van der Waals surface area (Å²) in [5.41, 5.74) is 9.90. The maximum atomic E-state index is 12.3. The van der Waals surface area contributed by atoms with E-state index < -0.39 is 6.67 Å². The van der Waals surface area contributed by atoms with E-state index in [9.17, 15) is 9.18 Å². The summed E-state index contributed by atoms with van der Waals surface area (Å²) in [5.74, 6) is 0.943. The largest absolute Gasteiger partial charge is 0.469 e. The molecule has 0 aliphatic heterocycles. The first kappa shape index (κ1) is 33.1. The minimum Gasteiger partial charge on any atom is -0.469 e. The third-order valence-corrected chi connectivity index (χ3v) is 6.69. The van der Waals surface area contributed by atoms with Gasteiger partial charge in [0.2, 0.25) is 0 Å². The number of para-hydroxylation sites is 1. The van der Waals surface area contributed by atoms with Gasteiger partial charge in [0.25, 0.3) is 0 Å². The maximum Gasteiger partial charge on any atom is 0.305 e. The summed E-state index contributed by atoms with van der Waals surface area (Å²) in [6.45, 7) is 9.45. The number of carbonyl (C=O) groups is 1. The predicted molar refractivity (Wildman–Crippen MR) is 160 cm³/mol. The van der Waals surface area contributed by atoms with Gasteiger partial charge in [0.1, 0.15) is 6.67 Å². The van der Waals surface area contributed by atoms with Gasteiger partial charge in [-0.15, -0.1) is 0 Å². The second kappa shape index (κ2) is 20.1. The monoisotopic (exact) mass is 524 g/mol. The number of benzene rings is 2. The van der Waals surface area contributed by atoms with Gasteiger partial charge in [-0.2, -0.15) is 0 Å². The number of aromatic amines is 1. The zero-order valence-electron chi connectivity index (χ0n) is 24.0. The number of esters is 1. The van der Waals surface area contributed by atoms with Crippen LogP contribution in [0.1, 0.15) is 83.3 Å². The number of hydrogen-bond acceptors (Lipinski definition) is 3. The third-order valence-electron chi connectivity index (χ3n) is 6.69. The van der Waals surface area contributed by atoms with E-state index in [0.29, 0.717) is 6.42 Å². The van der Waals surface area contributed by atoms with Crippen molar-refractivity contribution in [2.24, 2.45) is 11.7 Å². The Kier molecular flexibility index (Phi) is 17.5. The number of hydrogen-bond donors (Lipinski definition) is 2. The van der Waals surface area contributed by atoms with Crippen LogP contribution in [0.25, 0.3) is 10.9 Å². The lowest BCUT2D eigenvalue weighted by Crippen LogP contribution is -2.23. The highest BCUT2D eigenvalue weighted by Gasteiger charge is 2.11. The van der Waals surface area contributed by atoms with Crippen LogP contribution in [0, 0.1) is 5.92 Å². The summed E-state index contributed by atoms with van der Waals surface area (Å²) in [6, 6.07) is 18.0. The highest BCUT2D eigenvalue weighted by Crippen LogP contribution is 2.26. The van der Waals surface area contributed by atoms with E-state index in [1.54, 1.807) is 13.1 Å². The number of fused-ring (bicyclic) bond motifs is 1. The second-order valence-electron chi connectivity index (χ2n) is 9.86. The first-order chi connectivity index (χ1) is 18.4. The smallest absolute Gasteiger partial charge is 0.305 e. The van der Waals surface area contributed by atoms with Crippen molar-refractivity contribution >= 4 is 16.9 Å². The molecule has 4 rings (SSSR count). The summed E-state index contributed by atoms with van der Waals surface area (Å²) >= 11 is 0. The molecule has 1 aromatic heterocycles. The molecule has 1 heterocycles. The summed E-state index contributed by atoms with van der Waals surface area (Å²) in [4.78, 5) is 13.0. The van der Waals surface area contributed by atoms with Crippen molar-refractivity contribution < 1.29 is 13.9 Å². The SMILES string of the molecule is C=C(C)C(N)Cc1ccccc1.CCC(=O)OC.CCCC1CCCCC1.FCc1c[nH]c2ccccc12. The molecule has 5 heteroatoms. The van der Waals surface area contributed by atoms with Crippen LogP contribution in [-0.2, 0) is 22.6 Å². The van der Waals surface area contributed by atoms with Gasteiger partial charge < -0.3 is 15.5 Å². The predicted octanol–water partition coefficient (Wildman–Crippen LogP) is 8.71. The minimum atomic E-state index is -0.399. The maximum absolute atomic E-state index is 12.3. The van der Waals surface area contributed by atoms with Crippen LogP contribution in [0.3, 0.4) is 0 Å². The van der Waals surface area contributed by atoms with Crippen molar-refractivity contribution in [3.63, 3.8) is 0 Å². The van der Waals surface area contributed by atoms with Crippen molar-refractivity contribution in [1.29, 1.82) is 0 Å². The highest BCUT2D eigenvalue weighted by atomic mass is 19.1. The van der Waals surface area contributed by atoms with Gasteiger partial charge >= 0.3 is 5.97 Å². The fraction of sp³-hybridized carbons (Fsp3) is 0.485. The molecule has 0 amide bonds. The summed E-state index contributed by atoms with van der Waals surface area (Å²) in [6.07, 6.45) is 13.5. The van der Waals surface area contributed by atoms with Crippen LogP contribution < -0.4 is 5.73 Å². The molecule has 4 nitrogen and oxygen atoms in total. The number of ether oxygens (including phenoxy) is 1. The first-order valence-corrected chi connectivity index (χ1v) is 14.0. The van der Waals surface area contributed by atoms with Crippen LogP contribution in [0.2, 0.25) is 0 Å². The molecule has 1 aliphatic carbocycles. The fourth-order valence-electron chi connectivity index (χ4n) is 4.31. The molecule has 2 aromatic carbocycles. The van der Waals surface area contributed by atoms with Crippen LogP contribution >= 0.6 is 0 Å².